The van der Waals surface area contributed by atoms with E-state index in [0.29, 0.717) is 38.0 Å². The lowest BCUT2D eigenvalue weighted by atomic mass is 9.98. The molecule has 254 valence electrons. The topological polar surface area (TPSA) is 59.1 Å². The highest BCUT2D eigenvalue weighted by Crippen LogP contribution is 2.30. The smallest absolute Gasteiger partial charge is 0.263 e. The molecular formula is C42H52N2O4. The Labute approximate surface area is 287 Å². The van der Waals surface area contributed by atoms with Gasteiger partial charge in [-0.25, -0.2) is 0 Å². The summed E-state index contributed by atoms with van der Waals surface area (Å²) in [5.41, 5.74) is 4.21. The Bertz CT molecular complexity index is 1460. The van der Waals surface area contributed by atoms with Crippen LogP contribution in [0.5, 0.6) is 11.5 Å². The minimum absolute atomic E-state index is 0.128. The number of nitrogens with zero attached hydrogens (tertiary/aromatic N) is 2. The molecule has 0 saturated carbocycles. The second kappa shape index (κ2) is 18.1. The Balaban J connectivity index is 1.57. The quantitative estimate of drug-likeness (QED) is 0.115. The molecule has 0 aromatic heterocycles. The molecule has 0 radical (unpaired) electrons. The third kappa shape index (κ3) is 9.96. The Kier molecular flexibility index (Phi) is 13.7. The Morgan fingerprint density at radius 1 is 0.521 bits per heavy atom. The van der Waals surface area contributed by atoms with E-state index in [9.17, 15) is 9.59 Å². The highest BCUT2D eigenvalue weighted by atomic mass is 16.5. The van der Waals surface area contributed by atoms with Crippen LogP contribution in [0.25, 0.3) is 0 Å². The summed E-state index contributed by atoms with van der Waals surface area (Å²) in [6.07, 6.45) is 0.520. The third-order valence-electron chi connectivity index (χ3n) is 9.12. The molecule has 0 aliphatic heterocycles. The summed E-state index contributed by atoms with van der Waals surface area (Å²) in [4.78, 5) is 31.9. The standard InChI is InChI=1S/C42H52N2O4/c1-7-31(3)37-23-15-17-25-39(37)47-33(5)41(45)43(29-35-19-11-9-12-20-35)27-28-44(30-36-21-13-10-14-22-36)42(46)34(6)48-40-26-18-16-24-38(40)32(4)8-2/h9-26,31-34H,7-8,27-30H2,1-6H3. The lowest BCUT2D eigenvalue weighted by Crippen LogP contribution is -2.47. The van der Waals surface area contributed by atoms with E-state index in [-0.39, 0.29) is 11.8 Å². The number of amides is 2. The average molecular weight is 649 g/mol. The average Bonchev–Trinajstić information content (AvgIpc) is 3.12. The molecule has 0 aliphatic rings. The zero-order valence-corrected chi connectivity index (χ0v) is 29.5. The van der Waals surface area contributed by atoms with Crippen LogP contribution < -0.4 is 9.47 Å². The first-order valence-corrected chi connectivity index (χ1v) is 17.4. The summed E-state index contributed by atoms with van der Waals surface area (Å²) in [5, 5.41) is 0. The predicted molar refractivity (Wildman–Crippen MR) is 194 cm³/mol. The van der Waals surface area contributed by atoms with Crippen molar-refractivity contribution >= 4 is 11.8 Å². The van der Waals surface area contributed by atoms with Gasteiger partial charge in [0.15, 0.2) is 12.2 Å². The predicted octanol–water partition coefficient (Wildman–Crippen LogP) is 9.01. The van der Waals surface area contributed by atoms with Gasteiger partial charge in [0.1, 0.15) is 11.5 Å². The van der Waals surface area contributed by atoms with Crippen molar-refractivity contribution in [3.63, 3.8) is 0 Å². The molecule has 0 fully saturated rings. The molecule has 0 bridgehead atoms. The van der Waals surface area contributed by atoms with Crippen molar-refractivity contribution in [1.82, 2.24) is 9.80 Å². The maximum absolute atomic E-state index is 14.1. The molecule has 0 N–H and O–H groups in total. The van der Waals surface area contributed by atoms with E-state index >= 15 is 0 Å². The number of ether oxygens (including phenoxy) is 2. The lowest BCUT2D eigenvalue weighted by molar-refractivity contribution is -0.142. The van der Waals surface area contributed by atoms with Gasteiger partial charge in [-0.1, -0.05) is 125 Å². The van der Waals surface area contributed by atoms with E-state index in [1.165, 1.54) is 0 Å². The van der Waals surface area contributed by atoms with E-state index in [0.717, 1.165) is 46.6 Å². The zero-order valence-electron chi connectivity index (χ0n) is 29.5. The van der Waals surface area contributed by atoms with Crippen LogP contribution in [0.1, 0.15) is 88.5 Å². The van der Waals surface area contributed by atoms with Crippen LogP contribution in [-0.2, 0) is 22.7 Å². The first-order chi connectivity index (χ1) is 23.2. The van der Waals surface area contributed by atoms with Crippen molar-refractivity contribution in [2.24, 2.45) is 0 Å². The van der Waals surface area contributed by atoms with Crippen LogP contribution >= 0.6 is 0 Å². The van der Waals surface area contributed by atoms with Crippen molar-refractivity contribution in [2.45, 2.75) is 91.5 Å². The summed E-state index contributed by atoms with van der Waals surface area (Å²) in [5.74, 6) is 1.83. The van der Waals surface area contributed by atoms with E-state index < -0.39 is 12.2 Å². The molecule has 48 heavy (non-hydrogen) atoms. The number of rotatable bonds is 17. The molecule has 6 heteroatoms. The molecule has 0 aliphatic carbocycles. The number of para-hydroxylation sites is 2. The summed E-state index contributed by atoms with van der Waals surface area (Å²) >= 11 is 0. The summed E-state index contributed by atoms with van der Waals surface area (Å²) in [6.45, 7) is 13.7. The highest BCUT2D eigenvalue weighted by molar-refractivity contribution is 5.82. The van der Waals surface area contributed by atoms with E-state index in [1.807, 2.05) is 111 Å². The largest absolute Gasteiger partial charge is 0.481 e. The first kappa shape index (κ1) is 36.3. The van der Waals surface area contributed by atoms with Gasteiger partial charge in [0.2, 0.25) is 0 Å². The van der Waals surface area contributed by atoms with E-state index in [4.69, 9.17) is 9.47 Å². The molecule has 4 unspecified atom stereocenters. The normalized spacial score (nSPS) is 13.5. The fraction of sp³-hybridized carbons (Fsp3) is 0.381. The van der Waals surface area contributed by atoms with Crippen LogP contribution in [0.15, 0.2) is 109 Å². The zero-order chi connectivity index (χ0) is 34.5. The second-order valence-corrected chi connectivity index (χ2v) is 12.7. The van der Waals surface area contributed by atoms with Gasteiger partial charge in [-0.15, -0.1) is 0 Å². The van der Waals surface area contributed by atoms with Gasteiger partial charge in [-0.3, -0.25) is 9.59 Å². The Morgan fingerprint density at radius 3 is 1.21 bits per heavy atom. The number of hydrogen-bond acceptors (Lipinski definition) is 4. The van der Waals surface area contributed by atoms with Gasteiger partial charge in [-0.05, 0) is 72.9 Å². The number of carbonyl (C=O) groups excluding carboxylic acids is 2. The van der Waals surface area contributed by atoms with Gasteiger partial charge < -0.3 is 19.3 Å². The molecule has 0 spiro atoms. The van der Waals surface area contributed by atoms with Crippen molar-refractivity contribution in [2.75, 3.05) is 13.1 Å². The minimum atomic E-state index is -0.712. The van der Waals surface area contributed by atoms with Crippen molar-refractivity contribution in [3.8, 4) is 11.5 Å². The SMILES string of the molecule is CCC(C)c1ccccc1OC(C)C(=O)N(CCN(Cc1ccccc1)C(=O)C(C)Oc1ccccc1C(C)CC)Cc1ccccc1. The number of benzene rings is 4. The molecular weight excluding hydrogens is 596 g/mol. The third-order valence-corrected chi connectivity index (χ3v) is 9.12. The lowest BCUT2D eigenvalue weighted by Gasteiger charge is -2.31. The minimum Gasteiger partial charge on any atom is -0.481 e. The molecule has 4 atom stereocenters. The van der Waals surface area contributed by atoms with Gasteiger partial charge in [0.05, 0.1) is 0 Å². The first-order valence-electron chi connectivity index (χ1n) is 17.4. The summed E-state index contributed by atoms with van der Waals surface area (Å²) in [7, 11) is 0. The highest BCUT2D eigenvalue weighted by Gasteiger charge is 2.28. The fourth-order valence-corrected chi connectivity index (χ4v) is 5.81. The fourth-order valence-electron chi connectivity index (χ4n) is 5.81. The molecule has 4 aromatic rings. The molecule has 0 saturated heterocycles. The number of hydrogen-bond donors (Lipinski definition) is 0. The Hall–Kier alpha value is -4.58. The van der Waals surface area contributed by atoms with Crippen LogP contribution in [-0.4, -0.2) is 46.9 Å². The molecule has 6 nitrogen and oxygen atoms in total. The summed E-state index contributed by atoms with van der Waals surface area (Å²) < 4.78 is 12.7. The maximum atomic E-state index is 14.1. The molecule has 0 heterocycles. The van der Waals surface area contributed by atoms with Crippen LogP contribution in [0.2, 0.25) is 0 Å². The molecule has 4 rings (SSSR count). The maximum Gasteiger partial charge on any atom is 0.263 e. The molecule has 4 aromatic carbocycles. The van der Waals surface area contributed by atoms with Crippen molar-refractivity contribution in [1.29, 1.82) is 0 Å². The van der Waals surface area contributed by atoms with Crippen LogP contribution in [0.3, 0.4) is 0 Å². The van der Waals surface area contributed by atoms with Gasteiger partial charge >= 0.3 is 0 Å². The van der Waals surface area contributed by atoms with Crippen LogP contribution in [0.4, 0.5) is 0 Å². The van der Waals surface area contributed by atoms with Gasteiger partial charge in [0, 0.05) is 26.2 Å². The number of carbonyl (C=O) groups is 2. The van der Waals surface area contributed by atoms with Gasteiger partial charge in [0.25, 0.3) is 11.8 Å². The Morgan fingerprint density at radius 2 is 0.854 bits per heavy atom. The second-order valence-electron chi connectivity index (χ2n) is 12.7. The summed E-state index contributed by atoms with van der Waals surface area (Å²) in [6, 6.07) is 35.8. The molecule has 2 amide bonds. The monoisotopic (exact) mass is 648 g/mol. The van der Waals surface area contributed by atoms with E-state index in [1.54, 1.807) is 9.80 Å². The van der Waals surface area contributed by atoms with Crippen LogP contribution in [0, 0.1) is 0 Å². The van der Waals surface area contributed by atoms with Crippen molar-refractivity contribution in [3.05, 3.63) is 131 Å². The van der Waals surface area contributed by atoms with E-state index in [2.05, 4.69) is 39.8 Å². The van der Waals surface area contributed by atoms with Gasteiger partial charge in [-0.2, -0.15) is 0 Å². The van der Waals surface area contributed by atoms with Crippen molar-refractivity contribution < 1.29 is 19.1 Å².